The number of carbonyl (C=O) groups excluding carboxylic acids is 1. The summed E-state index contributed by atoms with van der Waals surface area (Å²) in [5.41, 5.74) is 8.06. The molecule has 2 rings (SSSR count). The molecule has 2 N–H and O–H groups in total. The quantitative estimate of drug-likeness (QED) is 0.928. The Bertz CT molecular complexity index is 611. The lowest BCUT2D eigenvalue weighted by molar-refractivity contribution is 0.0992. The van der Waals surface area contributed by atoms with Crippen LogP contribution in [0.1, 0.15) is 15.9 Å². The van der Waals surface area contributed by atoms with Crippen molar-refractivity contribution in [2.75, 3.05) is 19.1 Å². The molecule has 4 heteroatoms. The normalized spacial score (nSPS) is 10.2. The van der Waals surface area contributed by atoms with Crippen molar-refractivity contribution in [3.63, 3.8) is 0 Å². The first-order valence-corrected chi connectivity index (χ1v) is 6.37. The van der Waals surface area contributed by atoms with Gasteiger partial charge in [0.15, 0.2) is 0 Å². The van der Waals surface area contributed by atoms with Gasteiger partial charge in [-0.3, -0.25) is 4.79 Å². The molecule has 20 heavy (non-hydrogen) atoms. The first-order valence-electron chi connectivity index (χ1n) is 6.37. The maximum Gasteiger partial charge on any atom is 0.258 e. The van der Waals surface area contributed by atoms with Crippen LogP contribution in [0.25, 0.3) is 0 Å². The number of carbonyl (C=O) groups is 1. The molecule has 4 nitrogen and oxygen atoms in total. The van der Waals surface area contributed by atoms with Gasteiger partial charge in [0.1, 0.15) is 5.75 Å². The molecule has 0 saturated carbocycles. The largest absolute Gasteiger partial charge is 0.497 e. The Morgan fingerprint density at radius 1 is 1.20 bits per heavy atom. The Hall–Kier alpha value is -2.33. The van der Waals surface area contributed by atoms with Gasteiger partial charge in [-0.25, -0.2) is 0 Å². The maximum absolute atomic E-state index is 12.5. The second-order valence-electron chi connectivity index (χ2n) is 4.43. The van der Waals surface area contributed by atoms with Crippen LogP contribution in [-0.2, 0) is 6.54 Å². The smallest absolute Gasteiger partial charge is 0.258 e. The van der Waals surface area contributed by atoms with E-state index in [4.69, 9.17) is 10.5 Å². The van der Waals surface area contributed by atoms with Crippen molar-refractivity contribution in [1.29, 1.82) is 0 Å². The number of hydrogen-bond donors (Lipinski definition) is 1. The van der Waals surface area contributed by atoms with Crippen molar-refractivity contribution in [2.24, 2.45) is 5.73 Å². The Morgan fingerprint density at radius 3 is 2.65 bits per heavy atom. The van der Waals surface area contributed by atoms with E-state index in [1.165, 1.54) is 0 Å². The van der Waals surface area contributed by atoms with E-state index in [9.17, 15) is 4.79 Å². The van der Waals surface area contributed by atoms with Crippen molar-refractivity contribution < 1.29 is 9.53 Å². The Balaban J connectivity index is 2.32. The van der Waals surface area contributed by atoms with Gasteiger partial charge in [-0.2, -0.15) is 0 Å². The van der Waals surface area contributed by atoms with Gasteiger partial charge >= 0.3 is 0 Å². The van der Waals surface area contributed by atoms with Crippen LogP contribution < -0.4 is 15.4 Å². The number of anilines is 1. The van der Waals surface area contributed by atoms with E-state index in [2.05, 4.69) is 0 Å². The van der Waals surface area contributed by atoms with E-state index in [0.29, 0.717) is 17.9 Å². The van der Waals surface area contributed by atoms with E-state index in [1.807, 2.05) is 30.3 Å². The number of benzene rings is 2. The predicted molar refractivity (Wildman–Crippen MR) is 80.1 cm³/mol. The van der Waals surface area contributed by atoms with Crippen LogP contribution in [0.2, 0.25) is 0 Å². The number of hydrogen-bond acceptors (Lipinski definition) is 3. The number of para-hydroxylation sites is 1. The minimum Gasteiger partial charge on any atom is -0.497 e. The third-order valence-electron chi connectivity index (χ3n) is 3.19. The molecule has 0 bridgehead atoms. The molecule has 0 unspecified atom stereocenters. The number of amides is 1. The van der Waals surface area contributed by atoms with E-state index < -0.39 is 0 Å². The lowest BCUT2D eigenvalue weighted by Crippen LogP contribution is -2.27. The number of methoxy groups -OCH3 is 1. The predicted octanol–water partition coefficient (Wildman–Crippen LogP) is 2.43. The molecule has 2 aromatic carbocycles. The Labute approximate surface area is 118 Å². The van der Waals surface area contributed by atoms with E-state index in [1.54, 1.807) is 37.3 Å². The molecule has 0 aliphatic carbocycles. The summed E-state index contributed by atoms with van der Waals surface area (Å²) in [6, 6.07) is 14.7. The molecular weight excluding hydrogens is 252 g/mol. The lowest BCUT2D eigenvalue weighted by atomic mass is 10.1. The number of nitrogens with two attached hydrogens (primary N) is 1. The summed E-state index contributed by atoms with van der Waals surface area (Å²) in [6.07, 6.45) is 0. The molecule has 0 spiro atoms. The van der Waals surface area contributed by atoms with Crippen LogP contribution in [-0.4, -0.2) is 20.1 Å². The van der Waals surface area contributed by atoms with Crippen LogP contribution in [0.15, 0.2) is 48.5 Å². The highest BCUT2D eigenvalue weighted by atomic mass is 16.5. The first kappa shape index (κ1) is 14.1. The molecule has 1 amide bonds. The van der Waals surface area contributed by atoms with Crippen molar-refractivity contribution >= 4 is 11.6 Å². The van der Waals surface area contributed by atoms with Gasteiger partial charge in [0, 0.05) is 24.8 Å². The Morgan fingerprint density at radius 2 is 1.95 bits per heavy atom. The van der Waals surface area contributed by atoms with E-state index in [-0.39, 0.29) is 5.91 Å². The second-order valence-corrected chi connectivity index (χ2v) is 4.43. The Kier molecular flexibility index (Phi) is 4.38. The zero-order valence-corrected chi connectivity index (χ0v) is 11.7. The van der Waals surface area contributed by atoms with Crippen molar-refractivity contribution in [1.82, 2.24) is 0 Å². The van der Waals surface area contributed by atoms with Crippen LogP contribution in [0.5, 0.6) is 5.75 Å². The van der Waals surface area contributed by atoms with Gasteiger partial charge in [0.05, 0.1) is 7.11 Å². The molecule has 104 valence electrons. The zero-order valence-electron chi connectivity index (χ0n) is 11.7. The third kappa shape index (κ3) is 2.81. The highest BCUT2D eigenvalue weighted by Gasteiger charge is 2.16. The van der Waals surface area contributed by atoms with Gasteiger partial charge in [-0.1, -0.05) is 24.3 Å². The number of rotatable bonds is 4. The first-order chi connectivity index (χ1) is 9.67. The summed E-state index contributed by atoms with van der Waals surface area (Å²) in [4.78, 5) is 14.1. The maximum atomic E-state index is 12.5. The fourth-order valence-electron chi connectivity index (χ4n) is 2.07. The second kappa shape index (κ2) is 6.21. The number of ether oxygens (including phenoxy) is 1. The van der Waals surface area contributed by atoms with Crippen LogP contribution in [0.3, 0.4) is 0 Å². The van der Waals surface area contributed by atoms with Gasteiger partial charge in [-0.05, 0) is 29.8 Å². The average Bonchev–Trinajstić information content (AvgIpc) is 2.53. The summed E-state index contributed by atoms with van der Waals surface area (Å²) < 4.78 is 5.14. The molecule has 0 saturated heterocycles. The molecule has 0 fully saturated rings. The van der Waals surface area contributed by atoms with Crippen LogP contribution in [0, 0.1) is 0 Å². The summed E-state index contributed by atoms with van der Waals surface area (Å²) in [5.74, 6) is 0.571. The molecular formula is C16H18N2O2. The highest BCUT2D eigenvalue weighted by molar-refractivity contribution is 6.06. The minimum absolute atomic E-state index is 0.0928. The standard InChI is InChI=1S/C16H18N2O2/c1-18(15-9-4-3-6-13(15)11-17)16(19)12-7-5-8-14(10-12)20-2/h3-10H,11,17H2,1-2H3. The van der Waals surface area contributed by atoms with Crippen LogP contribution >= 0.6 is 0 Å². The van der Waals surface area contributed by atoms with Crippen molar-refractivity contribution in [2.45, 2.75) is 6.54 Å². The number of nitrogens with zero attached hydrogens (tertiary/aromatic N) is 1. The van der Waals surface area contributed by atoms with Gasteiger partial charge in [0.2, 0.25) is 0 Å². The molecule has 0 radical (unpaired) electrons. The van der Waals surface area contributed by atoms with Crippen molar-refractivity contribution in [3.8, 4) is 5.75 Å². The molecule has 2 aromatic rings. The van der Waals surface area contributed by atoms with Gasteiger partial charge < -0.3 is 15.4 Å². The summed E-state index contributed by atoms with van der Waals surface area (Å²) >= 11 is 0. The molecule has 0 atom stereocenters. The zero-order chi connectivity index (χ0) is 14.5. The SMILES string of the molecule is COc1cccc(C(=O)N(C)c2ccccc2CN)c1. The summed E-state index contributed by atoms with van der Waals surface area (Å²) in [5, 5.41) is 0. The molecule has 0 aromatic heterocycles. The fraction of sp³-hybridized carbons (Fsp3) is 0.188. The highest BCUT2D eigenvalue weighted by Crippen LogP contribution is 2.22. The fourth-order valence-corrected chi connectivity index (χ4v) is 2.07. The minimum atomic E-state index is -0.0928. The van der Waals surface area contributed by atoms with Gasteiger partial charge in [0.25, 0.3) is 5.91 Å². The third-order valence-corrected chi connectivity index (χ3v) is 3.19. The van der Waals surface area contributed by atoms with E-state index >= 15 is 0 Å². The van der Waals surface area contributed by atoms with Crippen molar-refractivity contribution in [3.05, 3.63) is 59.7 Å². The molecule has 0 aliphatic heterocycles. The monoisotopic (exact) mass is 270 g/mol. The summed E-state index contributed by atoms with van der Waals surface area (Å²) in [6.45, 7) is 0.395. The van der Waals surface area contributed by atoms with E-state index in [0.717, 1.165) is 11.3 Å². The summed E-state index contributed by atoms with van der Waals surface area (Å²) in [7, 11) is 3.33. The lowest BCUT2D eigenvalue weighted by Gasteiger charge is -2.20. The molecule has 0 aliphatic rings. The van der Waals surface area contributed by atoms with Gasteiger partial charge in [-0.15, -0.1) is 0 Å². The topological polar surface area (TPSA) is 55.6 Å². The van der Waals surface area contributed by atoms with Crippen LogP contribution in [0.4, 0.5) is 5.69 Å². The molecule has 0 heterocycles. The average molecular weight is 270 g/mol.